The number of nitrogen functional groups attached to an aromatic ring is 1. The number of anilines is 2. The van der Waals surface area contributed by atoms with Gasteiger partial charge in [-0.1, -0.05) is 0 Å². The predicted octanol–water partition coefficient (Wildman–Crippen LogP) is 0.707. The van der Waals surface area contributed by atoms with Gasteiger partial charge in [-0.25, -0.2) is 9.97 Å². The molecular formula is C11H17N5. The average molecular weight is 219 g/mol. The summed E-state index contributed by atoms with van der Waals surface area (Å²) in [7, 11) is 0. The summed E-state index contributed by atoms with van der Waals surface area (Å²) in [4.78, 5) is 10.9. The van der Waals surface area contributed by atoms with Crippen molar-refractivity contribution in [2.75, 3.05) is 24.1 Å². The molecule has 0 spiro atoms. The Labute approximate surface area is 95.1 Å². The average Bonchev–Trinajstić information content (AvgIpc) is 2.86. The third-order valence-electron chi connectivity index (χ3n) is 3.59. The second kappa shape index (κ2) is 3.90. The van der Waals surface area contributed by atoms with E-state index < -0.39 is 0 Å². The summed E-state index contributed by atoms with van der Waals surface area (Å²) in [5.74, 6) is 0.702. The fourth-order valence-electron chi connectivity index (χ4n) is 2.83. The molecule has 0 amide bonds. The molecule has 0 saturated carbocycles. The first kappa shape index (κ1) is 9.84. The van der Waals surface area contributed by atoms with Crippen LogP contribution in [0.25, 0.3) is 0 Å². The monoisotopic (exact) mass is 219 g/mol. The highest BCUT2D eigenvalue weighted by molar-refractivity contribution is 5.36. The summed E-state index contributed by atoms with van der Waals surface area (Å²) < 4.78 is 0. The molecular weight excluding hydrogens is 202 g/mol. The second-order valence-corrected chi connectivity index (χ2v) is 4.63. The van der Waals surface area contributed by atoms with Crippen molar-refractivity contribution < 1.29 is 0 Å². The molecule has 0 aliphatic carbocycles. The third-order valence-corrected chi connectivity index (χ3v) is 3.59. The molecule has 1 aromatic heterocycles. The molecule has 3 rings (SSSR count). The van der Waals surface area contributed by atoms with Crippen molar-refractivity contribution in [3.05, 3.63) is 12.4 Å². The normalized spacial score (nSPS) is 29.2. The number of hydrogen-bond donors (Lipinski definition) is 2. The highest BCUT2D eigenvalue weighted by Crippen LogP contribution is 2.29. The van der Waals surface area contributed by atoms with Crippen molar-refractivity contribution in [2.45, 2.75) is 31.3 Å². The van der Waals surface area contributed by atoms with Crippen molar-refractivity contribution >= 4 is 11.6 Å². The molecule has 3 N–H and O–H groups in total. The topological polar surface area (TPSA) is 67.1 Å². The van der Waals surface area contributed by atoms with Crippen LogP contribution >= 0.6 is 0 Å². The van der Waals surface area contributed by atoms with E-state index >= 15 is 0 Å². The first-order chi connectivity index (χ1) is 7.83. The van der Waals surface area contributed by atoms with E-state index in [1.807, 2.05) is 0 Å². The van der Waals surface area contributed by atoms with Crippen LogP contribution in [0.2, 0.25) is 0 Å². The van der Waals surface area contributed by atoms with Crippen molar-refractivity contribution in [1.29, 1.82) is 0 Å². The van der Waals surface area contributed by atoms with Gasteiger partial charge in [0, 0.05) is 18.6 Å². The highest BCUT2D eigenvalue weighted by Gasteiger charge is 2.37. The molecule has 2 aliphatic rings. The molecule has 16 heavy (non-hydrogen) atoms. The van der Waals surface area contributed by atoms with E-state index in [2.05, 4.69) is 20.2 Å². The van der Waals surface area contributed by atoms with Crippen LogP contribution in [-0.2, 0) is 0 Å². The maximum absolute atomic E-state index is 5.56. The summed E-state index contributed by atoms with van der Waals surface area (Å²) >= 11 is 0. The predicted molar refractivity (Wildman–Crippen MR) is 63.1 cm³/mol. The Morgan fingerprint density at radius 1 is 1.25 bits per heavy atom. The van der Waals surface area contributed by atoms with Crippen LogP contribution < -0.4 is 11.1 Å². The Morgan fingerprint density at radius 3 is 2.88 bits per heavy atom. The van der Waals surface area contributed by atoms with Gasteiger partial charge in [-0.2, -0.15) is 0 Å². The molecule has 0 radical (unpaired) electrons. The molecule has 0 aromatic carbocycles. The SMILES string of the molecule is Nc1cnc(NC2CCN3CCCC23)nc1. The molecule has 2 unspecified atom stereocenters. The summed E-state index contributed by atoms with van der Waals surface area (Å²) in [5, 5.41) is 3.42. The lowest BCUT2D eigenvalue weighted by Crippen LogP contribution is -2.34. The molecule has 2 fully saturated rings. The van der Waals surface area contributed by atoms with Gasteiger partial charge in [0.25, 0.3) is 0 Å². The van der Waals surface area contributed by atoms with Gasteiger partial charge in [-0.15, -0.1) is 0 Å². The number of nitrogens with two attached hydrogens (primary N) is 1. The summed E-state index contributed by atoms with van der Waals surface area (Å²) in [6, 6.07) is 1.19. The van der Waals surface area contributed by atoms with E-state index in [4.69, 9.17) is 5.73 Å². The largest absolute Gasteiger partial charge is 0.396 e. The third kappa shape index (κ3) is 1.71. The fourth-order valence-corrected chi connectivity index (χ4v) is 2.83. The van der Waals surface area contributed by atoms with Crippen molar-refractivity contribution in [1.82, 2.24) is 14.9 Å². The van der Waals surface area contributed by atoms with Gasteiger partial charge in [0.15, 0.2) is 0 Å². The van der Waals surface area contributed by atoms with E-state index in [0.29, 0.717) is 23.7 Å². The zero-order chi connectivity index (χ0) is 11.0. The number of fused-ring (bicyclic) bond motifs is 1. The Morgan fingerprint density at radius 2 is 2.06 bits per heavy atom. The maximum Gasteiger partial charge on any atom is 0.222 e. The van der Waals surface area contributed by atoms with Crippen LogP contribution in [0.5, 0.6) is 0 Å². The van der Waals surface area contributed by atoms with Crippen LogP contribution in [0.1, 0.15) is 19.3 Å². The lowest BCUT2D eigenvalue weighted by molar-refractivity contribution is 0.318. The minimum atomic E-state index is 0.506. The zero-order valence-corrected chi connectivity index (χ0v) is 9.26. The first-order valence-corrected chi connectivity index (χ1v) is 5.91. The molecule has 86 valence electrons. The van der Waals surface area contributed by atoms with E-state index in [1.54, 1.807) is 12.4 Å². The molecule has 1 aromatic rings. The molecule has 2 saturated heterocycles. The lowest BCUT2D eigenvalue weighted by atomic mass is 10.1. The van der Waals surface area contributed by atoms with Gasteiger partial charge < -0.3 is 11.1 Å². The lowest BCUT2D eigenvalue weighted by Gasteiger charge is -2.21. The van der Waals surface area contributed by atoms with E-state index in [0.717, 1.165) is 0 Å². The van der Waals surface area contributed by atoms with Gasteiger partial charge in [-0.3, -0.25) is 4.90 Å². The number of nitrogens with one attached hydrogen (secondary N) is 1. The molecule has 5 nitrogen and oxygen atoms in total. The second-order valence-electron chi connectivity index (χ2n) is 4.63. The molecule has 5 heteroatoms. The van der Waals surface area contributed by atoms with Gasteiger partial charge in [0.1, 0.15) is 0 Å². The first-order valence-electron chi connectivity index (χ1n) is 5.91. The van der Waals surface area contributed by atoms with Gasteiger partial charge >= 0.3 is 0 Å². The van der Waals surface area contributed by atoms with Crippen LogP contribution in [0.15, 0.2) is 12.4 Å². The van der Waals surface area contributed by atoms with Gasteiger partial charge in [-0.05, 0) is 25.8 Å². The van der Waals surface area contributed by atoms with E-state index in [1.165, 1.54) is 32.4 Å². The van der Waals surface area contributed by atoms with E-state index in [9.17, 15) is 0 Å². The molecule has 2 aliphatic heterocycles. The van der Waals surface area contributed by atoms with Crippen LogP contribution in [-0.4, -0.2) is 40.0 Å². The Balaban J connectivity index is 1.68. The maximum atomic E-state index is 5.56. The standard InChI is InChI=1S/C11H17N5/c12-8-6-13-11(14-7-8)15-9-3-5-16-4-1-2-10(9)16/h6-7,9-10H,1-5,12H2,(H,13,14,15). The Kier molecular flexibility index (Phi) is 2.40. The zero-order valence-electron chi connectivity index (χ0n) is 9.26. The smallest absolute Gasteiger partial charge is 0.222 e. The van der Waals surface area contributed by atoms with Crippen molar-refractivity contribution in [2.24, 2.45) is 0 Å². The quantitative estimate of drug-likeness (QED) is 0.766. The number of aromatic nitrogens is 2. The minimum absolute atomic E-state index is 0.506. The van der Waals surface area contributed by atoms with Crippen molar-refractivity contribution in [3.8, 4) is 0 Å². The van der Waals surface area contributed by atoms with Crippen LogP contribution in [0.4, 0.5) is 11.6 Å². The Hall–Kier alpha value is -1.36. The summed E-state index contributed by atoms with van der Waals surface area (Å²) in [5.41, 5.74) is 6.17. The number of rotatable bonds is 2. The Bertz CT molecular complexity index is 363. The number of hydrogen-bond acceptors (Lipinski definition) is 5. The summed E-state index contributed by atoms with van der Waals surface area (Å²) in [6.07, 6.45) is 7.11. The van der Waals surface area contributed by atoms with Crippen LogP contribution in [0, 0.1) is 0 Å². The van der Waals surface area contributed by atoms with E-state index in [-0.39, 0.29) is 0 Å². The molecule has 3 heterocycles. The van der Waals surface area contributed by atoms with Crippen molar-refractivity contribution in [3.63, 3.8) is 0 Å². The minimum Gasteiger partial charge on any atom is -0.396 e. The van der Waals surface area contributed by atoms with Gasteiger partial charge in [0.05, 0.1) is 18.1 Å². The highest BCUT2D eigenvalue weighted by atomic mass is 15.3. The molecule has 2 atom stereocenters. The summed E-state index contributed by atoms with van der Waals surface area (Å²) in [6.45, 7) is 2.46. The fraction of sp³-hybridized carbons (Fsp3) is 0.636. The number of nitrogens with zero attached hydrogens (tertiary/aromatic N) is 3. The molecule has 0 bridgehead atoms. The van der Waals surface area contributed by atoms with Gasteiger partial charge in [0.2, 0.25) is 5.95 Å². The van der Waals surface area contributed by atoms with Crippen LogP contribution in [0.3, 0.4) is 0 Å².